The lowest BCUT2D eigenvalue weighted by Gasteiger charge is -2.21. The number of rotatable bonds is 10. The van der Waals surface area contributed by atoms with Crippen LogP contribution in [0.2, 0.25) is 5.02 Å². The quantitative estimate of drug-likeness (QED) is 0.267. The molecule has 9 nitrogen and oxygen atoms in total. The molecule has 0 aliphatic heterocycles. The molecule has 3 N–H and O–H groups in total. The minimum Gasteiger partial charge on any atom is -0.464 e. The van der Waals surface area contributed by atoms with Gasteiger partial charge in [-0.2, -0.15) is 0 Å². The summed E-state index contributed by atoms with van der Waals surface area (Å²) in [5.74, 6) is -0.989. The maximum absolute atomic E-state index is 13.1. The van der Waals surface area contributed by atoms with Crippen LogP contribution < -0.4 is 10.9 Å². The van der Waals surface area contributed by atoms with Crippen molar-refractivity contribution in [2.45, 2.75) is 31.9 Å². The Balaban J connectivity index is 1.53. The fraction of sp³-hybridized carbons (Fsp3) is 0.214. The van der Waals surface area contributed by atoms with Crippen LogP contribution in [0.5, 0.6) is 0 Å². The molecule has 1 amide bonds. The average molecular weight is 535 g/mol. The van der Waals surface area contributed by atoms with E-state index in [4.69, 9.17) is 16.3 Å². The van der Waals surface area contributed by atoms with Crippen LogP contribution in [0.4, 0.5) is 0 Å². The molecule has 0 saturated heterocycles. The molecule has 1 unspecified atom stereocenters. The first-order valence-corrected chi connectivity index (χ1v) is 12.5. The highest BCUT2D eigenvalue weighted by atomic mass is 35.5. The number of hydrogen-bond acceptors (Lipinski definition) is 6. The summed E-state index contributed by atoms with van der Waals surface area (Å²) in [4.78, 5) is 41.7. The van der Waals surface area contributed by atoms with Crippen molar-refractivity contribution in [3.8, 4) is 16.9 Å². The highest BCUT2D eigenvalue weighted by Gasteiger charge is 2.25. The normalized spacial score (nSPS) is 12.5. The number of amides is 1. The fourth-order valence-corrected chi connectivity index (χ4v) is 4.21. The van der Waals surface area contributed by atoms with E-state index in [2.05, 4.69) is 15.4 Å². The van der Waals surface area contributed by atoms with Gasteiger partial charge < -0.3 is 15.2 Å². The average Bonchev–Trinajstić information content (AvgIpc) is 3.31. The molecule has 2 aromatic heterocycles. The molecule has 0 spiro atoms. The Bertz CT molecular complexity index is 1450. The van der Waals surface area contributed by atoms with Crippen molar-refractivity contribution in [1.29, 1.82) is 0 Å². The highest BCUT2D eigenvalue weighted by Crippen LogP contribution is 2.23. The van der Waals surface area contributed by atoms with Gasteiger partial charge in [0.05, 0.1) is 6.61 Å². The number of aliphatic hydroxyl groups is 1. The first-order valence-electron chi connectivity index (χ1n) is 12.1. The van der Waals surface area contributed by atoms with Crippen LogP contribution in [0.25, 0.3) is 16.9 Å². The molecule has 4 rings (SSSR count). The molecular weight excluding hydrogens is 508 g/mol. The molecule has 10 heteroatoms. The standard InChI is InChI=1S/C28H27ClN4O5/c1-2-38-28(37)24(34)16-22(14-18-9-11-19(12-10-18)20-6-5-7-21(29)15-20)31-27(36)23-17-26(35)33(32-23)25-8-3-4-13-30-25/h3-13,15,17,22,24,32,34H,2,14,16H2,1H3,(H,31,36)/t22-,24?/m1/s1. The first-order chi connectivity index (χ1) is 18.3. The zero-order chi connectivity index (χ0) is 27.1. The molecular formula is C28H27ClN4O5. The van der Waals surface area contributed by atoms with Crippen LogP contribution in [0.1, 0.15) is 29.4 Å². The van der Waals surface area contributed by atoms with Crippen molar-refractivity contribution in [1.82, 2.24) is 20.1 Å². The Morgan fingerprint density at radius 2 is 1.87 bits per heavy atom. The van der Waals surface area contributed by atoms with Crippen molar-refractivity contribution in [3.63, 3.8) is 0 Å². The number of pyridine rings is 1. The summed E-state index contributed by atoms with van der Waals surface area (Å²) in [6, 6.07) is 20.8. The summed E-state index contributed by atoms with van der Waals surface area (Å²) >= 11 is 6.11. The van der Waals surface area contributed by atoms with Gasteiger partial charge >= 0.3 is 5.97 Å². The summed E-state index contributed by atoms with van der Waals surface area (Å²) < 4.78 is 6.08. The number of H-pyrrole nitrogens is 1. The number of benzene rings is 2. The molecule has 0 aliphatic carbocycles. The fourth-order valence-electron chi connectivity index (χ4n) is 4.01. The molecule has 2 aromatic carbocycles. The summed E-state index contributed by atoms with van der Waals surface area (Å²) in [6.45, 7) is 1.77. The molecule has 4 aromatic rings. The van der Waals surface area contributed by atoms with Crippen LogP contribution in [0.15, 0.2) is 83.8 Å². The zero-order valence-corrected chi connectivity index (χ0v) is 21.4. The second-order valence-electron chi connectivity index (χ2n) is 8.62. The summed E-state index contributed by atoms with van der Waals surface area (Å²) in [7, 11) is 0. The second-order valence-corrected chi connectivity index (χ2v) is 9.05. The zero-order valence-electron chi connectivity index (χ0n) is 20.6. The number of nitrogens with one attached hydrogen (secondary N) is 2. The minimum absolute atomic E-state index is 0.0209. The van der Waals surface area contributed by atoms with E-state index in [9.17, 15) is 19.5 Å². The largest absolute Gasteiger partial charge is 0.464 e. The second kappa shape index (κ2) is 12.4. The van der Waals surface area contributed by atoms with E-state index in [-0.39, 0.29) is 18.7 Å². The molecule has 2 atom stereocenters. The Hall–Kier alpha value is -4.21. The minimum atomic E-state index is -1.43. The lowest BCUT2D eigenvalue weighted by atomic mass is 9.97. The Labute approximate surface area is 224 Å². The number of carbonyl (C=O) groups excluding carboxylic acids is 2. The van der Waals surface area contributed by atoms with Crippen LogP contribution in [0.3, 0.4) is 0 Å². The van der Waals surface area contributed by atoms with Gasteiger partial charge in [-0.1, -0.05) is 54.1 Å². The van der Waals surface area contributed by atoms with E-state index in [1.165, 1.54) is 12.3 Å². The smallest absolute Gasteiger partial charge is 0.335 e. The van der Waals surface area contributed by atoms with Gasteiger partial charge in [-0.15, -0.1) is 0 Å². The Morgan fingerprint density at radius 3 is 2.55 bits per heavy atom. The first kappa shape index (κ1) is 26.8. The Morgan fingerprint density at radius 1 is 1.08 bits per heavy atom. The van der Waals surface area contributed by atoms with Gasteiger partial charge in [0.25, 0.3) is 11.5 Å². The van der Waals surface area contributed by atoms with Crippen molar-refractivity contribution in [2.75, 3.05) is 6.61 Å². The van der Waals surface area contributed by atoms with Crippen LogP contribution >= 0.6 is 11.6 Å². The maximum Gasteiger partial charge on any atom is 0.335 e. The van der Waals surface area contributed by atoms with Gasteiger partial charge in [0.2, 0.25) is 0 Å². The molecule has 0 bridgehead atoms. The van der Waals surface area contributed by atoms with E-state index < -0.39 is 29.6 Å². The van der Waals surface area contributed by atoms with Gasteiger partial charge in [-0.25, -0.2) is 14.5 Å². The molecule has 0 fully saturated rings. The number of ether oxygens (including phenoxy) is 1. The maximum atomic E-state index is 13.1. The van der Waals surface area contributed by atoms with Crippen molar-refractivity contribution >= 4 is 23.5 Å². The van der Waals surface area contributed by atoms with Crippen LogP contribution in [-0.4, -0.2) is 50.5 Å². The number of carbonyl (C=O) groups is 2. The molecule has 196 valence electrons. The van der Waals surface area contributed by atoms with Gasteiger partial charge in [-0.3, -0.25) is 14.7 Å². The van der Waals surface area contributed by atoms with Crippen molar-refractivity contribution in [3.05, 3.63) is 106 Å². The lowest BCUT2D eigenvalue weighted by Crippen LogP contribution is -2.41. The monoisotopic (exact) mass is 534 g/mol. The third-order valence-corrected chi connectivity index (χ3v) is 6.07. The summed E-state index contributed by atoms with van der Waals surface area (Å²) in [6.07, 6.45) is 0.352. The third kappa shape index (κ3) is 6.76. The number of aromatic amines is 1. The predicted molar refractivity (Wildman–Crippen MR) is 143 cm³/mol. The number of aromatic nitrogens is 3. The van der Waals surface area contributed by atoms with E-state index in [0.717, 1.165) is 21.4 Å². The van der Waals surface area contributed by atoms with E-state index >= 15 is 0 Å². The third-order valence-electron chi connectivity index (χ3n) is 5.84. The summed E-state index contributed by atoms with van der Waals surface area (Å²) in [5, 5.41) is 16.6. The lowest BCUT2D eigenvalue weighted by molar-refractivity contribution is -0.153. The topological polar surface area (TPSA) is 126 Å². The van der Waals surface area contributed by atoms with Crippen LogP contribution in [-0.2, 0) is 16.0 Å². The number of halogens is 1. The summed E-state index contributed by atoms with van der Waals surface area (Å²) in [5.41, 5.74) is 2.38. The molecule has 38 heavy (non-hydrogen) atoms. The van der Waals surface area contributed by atoms with Gasteiger partial charge in [0.15, 0.2) is 11.9 Å². The highest BCUT2D eigenvalue weighted by molar-refractivity contribution is 6.30. The van der Waals surface area contributed by atoms with E-state index in [1.807, 2.05) is 42.5 Å². The number of nitrogens with zero attached hydrogens (tertiary/aromatic N) is 2. The van der Waals surface area contributed by atoms with Crippen molar-refractivity contribution in [2.24, 2.45) is 0 Å². The van der Waals surface area contributed by atoms with Gasteiger partial charge in [-0.05, 0) is 54.3 Å². The predicted octanol–water partition coefficient (Wildman–Crippen LogP) is 3.54. The number of esters is 1. The Kier molecular flexibility index (Phi) is 8.73. The van der Waals surface area contributed by atoms with E-state index in [1.54, 1.807) is 31.2 Å². The molecule has 2 heterocycles. The molecule has 0 radical (unpaired) electrons. The van der Waals surface area contributed by atoms with Crippen LogP contribution in [0, 0.1) is 0 Å². The SMILES string of the molecule is CCOC(=O)C(O)C[C@@H](Cc1ccc(-c2cccc(Cl)c2)cc1)NC(=O)c1cc(=O)n(-c2ccccn2)[nH]1. The van der Waals surface area contributed by atoms with E-state index in [0.29, 0.717) is 17.3 Å². The number of hydrogen-bond donors (Lipinski definition) is 3. The van der Waals surface area contributed by atoms with Gasteiger partial charge in [0, 0.05) is 29.7 Å². The molecule has 0 saturated carbocycles. The number of aliphatic hydroxyl groups excluding tert-OH is 1. The van der Waals surface area contributed by atoms with Crippen molar-refractivity contribution < 1.29 is 19.4 Å². The van der Waals surface area contributed by atoms with Gasteiger partial charge in [0.1, 0.15) is 5.69 Å². The molecule has 0 aliphatic rings.